The number of carbonyl (C=O) groups excluding carboxylic acids is 2. The SMILES string of the molecule is COc1ccc2ccc(=O)n(CC(NC(=O)OC(C)(C)C)C3CCC(NCc4ccc5c(n4)NC(=O)CS5)CC3)c2c1. The summed E-state index contributed by atoms with van der Waals surface area (Å²) in [4.78, 5) is 43.4. The minimum absolute atomic E-state index is 0.0251. The van der Waals surface area contributed by atoms with Crippen LogP contribution in [0.1, 0.15) is 52.1 Å². The molecule has 3 aromatic rings. The van der Waals surface area contributed by atoms with Gasteiger partial charge in [-0.3, -0.25) is 9.59 Å². The van der Waals surface area contributed by atoms with E-state index in [1.165, 1.54) is 11.8 Å². The maximum absolute atomic E-state index is 13.1. The van der Waals surface area contributed by atoms with Crippen molar-refractivity contribution in [2.75, 3.05) is 18.2 Å². The van der Waals surface area contributed by atoms with Gasteiger partial charge >= 0.3 is 6.09 Å². The first-order chi connectivity index (χ1) is 20.1. The number of methoxy groups -OCH3 is 1. The van der Waals surface area contributed by atoms with Gasteiger partial charge < -0.3 is 30.0 Å². The average Bonchev–Trinajstić information content (AvgIpc) is 2.95. The number of hydrogen-bond acceptors (Lipinski definition) is 8. The topological polar surface area (TPSA) is 124 Å². The van der Waals surface area contributed by atoms with Gasteiger partial charge in [0.05, 0.1) is 35.0 Å². The van der Waals surface area contributed by atoms with Crippen molar-refractivity contribution in [1.29, 1.82) is 0 Å². The molecule has 5 rings (SSSR count). The molecule has 0 bridgehead atoms. The van der Waals surface area contributed by atoms with Crippen LogP contribution >= 0.6 is 11.8 Å². The predicted octanol–water partition coefficient (Wildman–Crippen LogP) is 4.69. The fourth-order valence-corrected chi connectivity index (χ4v) is 6.39. The molecule has 3 N–H and O–H groups in total. The zero-order valence-corrected chi connectivity index (χ0v) is 25.4. The van der Waals surface area contributed by atoms with Crippen LogP contribution in [0.4, 0.5) is 10.6 Å². The molecule has 1 saturated carbocycles. The van der Waals surface area contributed by atoms with Crippen molar-refractivity contribution in [2.45, 2.75) is 82.1 Å². The Hall–Kier alpha value is -3.57. The zero-order valence-electron chi connectivity index (χ0n) is 24.6. The Morgan fingerprint density at radius 2 is 1.88 bits per heavy atom. The number of aromatic nitrogens is 2. The smallest absolute Gasteiger partial charge is 0.407 e. The van der Waals surface area contributed by atoms with Crippen molar-refractivity contribution >= 4 is 40.5 Å². The van der Waals surface area contributed by atoms with E-state index in [4.69, 9.17) is 9.47 Å². The predicted molar refractivity (Wildman–Crippen MR) is 164 cm³/mol. The first kappa shape index (κ1) is 29.9. The minimum atomic E-state index is -0.633. The van der Waals surface area contributed by atoms with Gasteiger partial charge in [-0.1, -0.05) is 0 Å². The summed E-state index contributed by atoms with van der Waals surface area (Å²) in [5.41, 5.74) is 0.884. The first-order valence-electron chi connectivity index (χ1n) is 14.4. The summed E-state index contributed by atoms with van der Waals surface area (Å²) in [6, 6.07) is 13.1. The van der Waals surface area contributed by atoms with E-state index in [0.717, 1.165) is 47.2 Å². The number of anilines is 1. The van der Waals surface area contributed by atoms with Crippen LogP contribution < -0.4 is 26.2 Å². The van der Waals surface area contributed by atoms with E-state index in [0.29, 0.717) is 36.5 Å². The third kappa shape index (κ3) is 7.43. The molecule has 42 heavy (non-hydrogen) atoms. The number of hydrogen-bond donors (Lipinski definition) is 3. The molecule has 0 saturated heterocycles. The standard InChI is InChI=1S/C31H39N5O5S/c1-31(2,3)41-30(39)34-24(17-36-25-15-23(40-4)12-7-20(25)8-14-28(36)38)19-5-9-21(10-6-19)32-16-22-11-13-26-29(33-22)35-27(37)18-42-26/h7-8,11-15,19,21,24,32H,5-6,9-10,16-18H2,1-4H3,(H,34,39)(H,33,35,37). The lowest BCUT2D eigenvalue weighted by Crippen LogP contribution is -2.48. The van der Waals surface area contributed by atoms with E-state index < -0.39 is 11.7 Å². The number of alkyl carbamates (subject to hydrolysis) is 1. The van der Waals surface area contributed by atoms with Crippen molar-refractivity contribution in [3.05, 3.63) is 58.5 Å². The summed E-state index contributed by atoms with van der Waals surface area (Å²) in [6.45, 7) is 6.45. The normalized spacial score (nSPS) is 19.5. The summed E-state index contributed by atoms with van der Waals surface area (Å²) < 4.78 is 12.7. The second kappa shape index (κ2) is 12.7. The monoisotopic (exact) mass is 593 g/mol. The molecule has 2 amide bonds. The van der Waals surface area contributed by atoms with Crippen molar-refractivity contribution in [1.82, 2.24) is 20.2 Å². The van der Waals surface area contributed by atoms with Gasteiger partial charge in [0.15, 0.2) is 0 Å². The molecule has 1 aromatic carbocycles. The van der Waals surface area contributed by atoms with Gasteiger partial charge in [0.25, 0.3) is 5.56 Å². The van der Waals surface area contributed by atoms with Crippen LogP contribution in [-0.4, -0.2) is 52.1 Å². The number of thioether (sulfide) groups is 1. The Morgan fingerprint density at radius 3 is 2.62 bits per heavy atom. The lowest BCUT2D eigenvalue weighted by atomic mass is 9.81. The van der Waals surface area contributed by atoms with E-state index in [1.807, 2.05) is 57.2 Å². The summed E-state index contributed by atoms with van der Waals surface area (Å²) >= 11 is 1.50. The Labute approximate surface area is 249 Å². The highest BCUT2D eigenvalue weighted by Crippen LogP contribution is 2.31. The number of benzene rings is 1. The highest BCUT2D eigenvalue weighted by atomic mass is 32.2. The van der Waals surface area contributed by atoms with Crippen LogP contribution in [-0.2, 0) is 22.6 Å². The molecule has 2 aromatic heterocycles. The second-order valence-electron chi connectivity index (χ2n) is 11.9. The Kier molecular flexibility index (Phi) is 9.08. The van der Waals surface area contributed by atoms with Gasteiger partial charge in [-0.15, -0.1) is 11.8 Å². The zero-order chi connectivity index (χ0) is 29.9. The number of ether oxygens (including phenoxy) is 2. The fourth-order valence-electron chi connectivity index (χ4n) is 5.63. The molecular formula is C31H39N5O5S. The lowest BCUT2D eigenvalue weighted by molar-refractivity contribution is -0.113. The molecule has 224 valence electrons. The van der Waals surface area contributed by atoms with E-state index in [-0.39, 0.29) is 23.4 Å². The van der Waals surface area contributed by atoms with Crippen LogP contribution in [0.15, 0.2) is 52.2 Å². The number of amides is 2. The number of nitrogens with one attached hydrogen (secondary N) is 3. The fraction of sp³-hybridized carbons (Fsp3) is 0.484. The maximum Gasteiger partial charge on any atom is 0.407 e. The molecule has 10 nitrogen and oxygen atoms in total. The molecule has 1 atom stereocenters. The molecule has 1 aliphatic carbocycles. The van der Waals surface area contributed by atoms with Crippen LogP contribution in [0.5, 0.6) is 5.75 Å². The highest BCUT2D eigenvalue weighted by Gasteiger charge is 2.31. The molecule has 3 heterocycles. The molecule has 11 heteroatoms. The summed E-state index contributed by atoms with van der Waals surface area (Å²) in [6.07, 6.45) is 3.12. The second-order valence-corrected chi connectivity index (χ2v) is 13.0. The molecule has 0 radical (unpaired) electrons. The number of nitrogens with zero attached hydrogens (tertiary/aromatic N) is 2. The van der Waals surface area contributed by atoms with Gasteiger partial charge in [0, 0.05) is 31.3 Å². The largest absolute Gasteiger partial charge is 0.497 e. The number of rotatable bonds is 8. The molecule has 2 aliphatic rings. The highest BCUT2D eigenvalue weighted by molar-refractivity contribution is 8.00. The third-order valence-electron chi connectivity index (χ3n) is 7.73. The Morgan fingerprint density at radius 1 is 1.12 bits per heavy atom. The van der Waals surface area contributed by atoms with Crippen LogP contribution in [0.3, 0.4) is 0 Å². The molecule has 0 spiro atoms. The average molecular weight is 594 g/mol. The van der Waals surface area contributed by atoms with E-state index in [2.05, 4.69) is 20.9 Å². The number of carbonyl (C=O) groups is 2. The van der Waals surface area contributed by atoms with Gasteiger partial charge in [-0.2, -0.15) is 0 Å². The molecule has 1 aliphatic heterocycles. The van der Waals surface area contributed by atoms with Gasteiger partial charge in [-0.05, 0) is 88.1 Å². The van der Waals surface area contributed by atoms with E-state index in [9.17, 15) is 14.4 Å². The quantitative estimate of drug-likeness (QED) is 0.344. The van der Waals surface area contributed by atoms with Gasteiger partial charge in [0.2, 0.25) is 5.91 Å². The molecule has 1 fully saturated rings. The first-order valence-corrected chi connectivity index (χ1v) is 15.4. The maximum atomic E-state index is 13.1. The van der Waals surface area contributed by atoms with Crippen molar-refractivity contribution in [2.24, 2.45) is 5.92 Å². The van der Waals surface area contributed by atoms with Crippen molar-refractivity contribution in [3.8, 4) is 5.75 Å². The summed E-state index contributed by atoms with van der Waals surface area (Å²) in [5.74, 6) is 1.86. The lowest BCUT2D eigenvalue weighted by Gasteiger charge is -2.35. The Bertz CT molecular complexity index is 1510. The number of fused-ring (bicyclic) bond motifs is 2. The van der Waals surface area contributed by atoms with Crippen molar-refractivity contribution in [3.63, 3.8) is 0 Å². The third-order valence-corrected chi connectivity index (χ3v) is 8.77. The van der Waals surface area contributed by atoms with Gasteiger partial charge in [0.1, 0.15) is 17.2 Å². The van der Waals surface area contributed by atoms with Crippen LogP contribution in [0.25, 0.3) is 10.9 Å². The molecular weight excluding hydrogens is 554 g/mol. The van der Waals surface area contributed by atoms with Crippen LogP contribution in [0.2, 0.25) is 0 Å². The summed E-state index contributed by atoms with van der Waals surface area (Å²) in [5, 5.41) is 10.5. The van der Waals surface area contributed by atoms with E-state index in [1.54, 1.807) is 17.7 Å². The summed E-state index contributed by atoms with van der Waals surface area (Å²) in [7, 11) is 1.60. The van der Waals surface area contributed by atoms with Crippen LogP contribution in [0, 0.1) is 5.92 Å². The molecule has 1 unspecified atom stereocenters. The van der Waals surface area contributed by atoms with Crippen molar-refractivity contribution < 1.29 is 19.1 Å². The number of pyridine rings is 2. The Balaban J connectivity index is 1.28. The van der Waals surface area contributed by atoms with Gasteiger partial charge in [-0.25, -0.2) is 9.78 Å². The minimum Gasteiger partial charge on any atom is -0.497 e. The van der Waals surface area contributed by atoms with E-state index >= 15 is 0 Å².